The van der Waals surface area contributed by atoms with Gasteiger partial charge in [0.1, 0.15) is 11.7 Å². The molecule has 0 aliphatic rings. The summed E-state index contributed by atoms with van der Waals surface area (Å²) in [6.07, 6.45) is 3.04. The zero-order chi connectivity index (χ0) is 13.8. The fourth-order valence-electron chi connectivity index (χ4n) is 1.86. The minimum Gasteiger partial charge on any atom is -0.292 e. The van der Waals surface area contributed by atoms with Crippen molar-refractivity contribution in [3.63, 3.8) is 0 Å². The number of hydrogen-bond acceptors (Lipinski definition) is 3. The number of carbonyl (C=O) groups is 1. The Bertz CT molecular complexity index is 647. The zero-order valence-corrected chi connectivity index (χ0v) is 10.3. The van der Waals surface area contributed by atoms with Gasteiger partial charge in [-0.15, -0.1) is 0 Å². The van der Waals surface area contributed by atoms with Crippen LogP contribution in [0.2, 0.25) is 0 Å². The van der Waals surface area contributed by atoms with Gasteiger partial charge >= 0.3 is 0 Å². The van der Waals surface area contributed by atoms with E-state index in [2.05, 4.69) is 4.98 Å². The second-order valence-electron chi connectivity index (χ2n) is 4.17. The lowest BCUT2D eigenvalue weighted by Gasteiger charge is -2.10. The standard InChI is InChI=1S/C15H11FN2O/c1-10-2-3-12(16)8-13(10)15(19)14(9-17)11-4-6-18-7-5-11/h2-8,14H,1H3. The molecular formula is C15H11FN2O. The fourth-order valence-corrected chi connectivity index (χ4v) is 1.86. The number of aromatic nitrogens is 1. The first-order chi connectivity index (χ1) is 9.13. The number of Topliss-reactive ketones (excluding diaryl/α,β-unsaturated/α-hetero) is 1. The number of pyridine rings is 1. The van der Waals surface area contributed by atoms with Crippen LogP contribution in [-0.4, -0.2) is 10.8 Å². The van der Waals surface area contributed by atoms with Crippen molar-refractivity contribution in [3.05, 3.63) is 65.2 Å². The van der Waals surface area contributed by atoms with Gasteiger partial charge in [-0.3, -0.25) is 9.78 Å². The summed E-state index contributed by atoms with van der Waals surface area (Å²) in [7, 11) is 0. The minimum absolute atomic E-state index is 0.239. The Balaban J connectivity index is 2.43. The second kappa shape index (κ2) is 5.40. The third-order valence-corrected chi connectivity index (χ3v) is 2.90. The number of benzene rings is 1. The summed E-state index contributed by atoms with van der Waals surface area (Å²) in [6.45, 7) is 1.72. The molecule has 0 aliphatic carbocycles. The average Bonchev–Trinajstić information content (AvgIpc) is 2.43. The maximum atomic E-state index is 13.2. The van der Waals surface area contributed by atoms with E-state index in [0.29, 0.717) is 11.1 Å². The predicted octanol–water partition coefficient (Wildman–Crippen LogP) is 3.02. The van der Waals surface area contributed by atoms with Crippen LogP contribution >= 0.6 is 0 Å². The molecule has 0 N–H and O–H groups in total. The zero-order valence-electron chi connectivity index (χ0n) is 10.3. The summed E-state index contributed by atoms with van der Waals surface area (Å²) in [5.41, 5.74) is 1.45. The highest BCUT2D eigenvalue weighted by Gasteiger charge is 2.23. The van der Waals surface area contributed by atoms with Crippen molar-refractivity contribution in [2.45, 2.75) is 12.8 Å². The molecule has 94 valence electrons. The van der Waals surface area contributed by atoms with Crippen LogP contribution in [0.5, 0.6) is 0 Å². The fraction of sp³-hybridized carbons (Fsp3) is 0.133. The molecule has 0 spiro atoms. The average molecular weight is 254 g/mol. The van der Waals surface area contributed by atoms with Gasteiger partial charge in [-0.05, 0) is 42.3 Å². The normalized spacial score (nSPS) is 11.6. The maximum absolute atomic E-state index is 13.2. The molecule has 1 aromatic carbocycles. The van der Waals surface area contributed by atoms with Gasteiger partial charge in [0.25, 0.3) is 0 Å². The van der Waals surface area contributed by atoms with E-state index in [9.17, 15) is 14.4 Å². The molecule has 3 nitrogen and oxygen atoms in total. The summed E-state index contributed by atoms with van der Waals surface area (Å²) < 4.78 is 13.2. The highest BCUT2D eigenvalue weighted by molar-refractivity contribution is 6.03. The maximum Gasteiger partial charge on any atom is 0.184 e. The van der Waals surface area contributed by atoms with Crippen molar-refractivity contribution in [1.29, 1.82) is 5.26 Å². The van der Waals surface area contributed by atoms with Crippen molar-refractivity contribution in [1.82, 2.24) is 4.98 Å². The Labute approximate surface area is 110 Å². The summed E-state index contributed by atoms with van der Waals surface area (Å²) >= 11 is 0. The summed E-state index contributed by atoms with van der Waals surface area (Å²) in [6, 6.07) is 9.18. The van der Waals surface area contributed by atoms with E-state index in [4.69, 9.17) is 0 Å². The van der Waals surface area contributed by atoms with Crippen LogP contribution in [0.15, 0.2) is 42.7 Å². The summed E-state index contributed by atoms with van der Waals surface area (Å²) in [5.74, 6) is -1.82. The van der Waals surface area contributed by atoms with E-state index < -0.39 is 17.5 Å². The van der Waals surface area contributed by atoms with Gasteiger partial charge in [-0.25, -0.2) is 4.39 Å². The monoisotopic (exact) mass is 254 g/mol. The van der Waals surface area contributed by atoms with Crippen molar-refractivity contribution in [2.75, 3.05) is 0 Å². The Morgan fingerprint density at radius 1 is 1.32 bits per heavy atom. The van der Waals surface area contributed by atoms with Crippen LogP contribution in [0.25, 0.3) is 0 Å². The number of hydrogen-bond donors (Lipinski definition) is 0. The van der Waals surface area contributed by atoms with E-state index in [1.165, 1.54) is 30.6 Å². The van der Waals surface area contributed by atoms with Crippen LogP contribution in [0.4, 0.5) is 4.39 Å². The number of halogens is 1. The first-order valence-corrected chi connectivity index (χ1v) is 5.73. The number of ketones is 1. The Morgan fingerprint density at radius 3 is 2.63 bits per heavy atom. The predicted molar refractivity (Wildman–Crippen MR) is 68.1 cm³/mol. The SMILES string of the molecule is Cc1ccc(F)cc1C(=O)C(C#N)c1ccncc1. The molecule has 2 rings (SSSR count). The molecule has 0 radical (unpaired) electrons. The summed E-state index contributed by atoms with van der Waals surface area (Å²) in [4.78, 5) is 16.2. The molecule has 1 aromatic heterocycles. The van der Waals surface area contributed by atoms with Crippen LogP contribution in [-0.2, 0) is 0 Å². The Hall–Kier alpha value is -2.54. The summed E-state index contributed by atoms with van der Waals surface area (Å²) in [5, 5.41) is 9.19. The number of aryl methyl sites for hydroxylation is 1. The lowest BCUT2D eigenvalue weighted by Crippen LogP contribution is -2.13. The molecule has 0 amide bonds. The van der Waals surface area contributed by atoms with Crippen molar-refractivity contribution < 1.29 is 9.18 Å². The lowest BCUT2D eigenvalue weighted by molar-refractivity contribution is 0.0978. The van der Waals surface area contributed by atoms with E-state index in [1.54, 1.807) is 19.1 Å². The Kier molecular flexibility index (Phi) is 3.67. The minimum atomic E-state index is -0.941. The van der Waals surface area contributed by atoms with Crippen LogP contribution < -0.4 is 0 Å². The van der Waals surface area contributed by atoms with E-state index in [1.807, 2.05) is 6.07 Å². The first-order valence-electron chi connectivity index (χ1n) is 5.73. The van der Waals surface area contributed by atoms with Crippen LogP contribution in [0, 0.1) is 24.1 Å². The number of nitriles is 1. The number of nitrogens with zero attached hydrogens (tertiary/aromatic N) is 2. The lowest BCUT2D eigenvalue weighted by atomic mass is 9.90. The van der Waals surface area contributed by atoms with Gasteiger partial charge in [0.05, 0.1) is 6.07 Å². The molecular weight excluding hydrogens is 243 g/mol. The largest absolute Gasteiger partial charge is 0.292 e. The van der Waals surface area contributed by atoms with E-state index >= 15 is 0 Å². The Morgan fingerprint density at radius 2 is 2.00 bits per heavy atom. The van der Waals surface area contributed by atoms with Gasteiger partial charge in [0.15, 0.2) is 5.78 Å². The molecule has 0 fully saturated rings. The first kappa shape index (κ1) is 12.9. The van der Waals surface area contributed by atoms with Gasteiger partial charge < -0.3 is 0 Å². The molecule has 0 saturated heterocycles. The second-order valence-corrected chi connectivity index (χ2v) is 4.17. The molecule has 0 bridgehead atoms. The van der Waals surface area contributed by atoms with Crippen LogP contribution in [0.1, 0.15) is 27.4 Å². The molecule has 4 heteroatoms. The quantitative estimate of drug-likeness (QED) is 0.791. The van der Waals surface area contributed by atoms with E-state index in [0.717, 1.165) is 0 Å². The van der Waals surface area contributed by atoms with Gasteiger partial charge in [0.2, 0.25) is 0 Å². The van der Waals surface area contributed by atoms with E-state index in [-0.39, 0.29) is 5.56 Å². The van der Waals surface area contributed by atoms with Crippen LogP contribution in [0.3, 0.4) is 0 Å². The third kappa shape index (κ3) is 2.66. The smallest absolute Gasteiger partial charge is 0.184 e. The highest BCUT2D eigenvalue weighted by atomic mass is 19.1. The molecule has 2 aromatic rings. The number of carbonyl (C=O) groups excluding carboxylic acids is 1. The topological polar surface area (TPSA) is 53.8 Å². The number of rotatable bonds is 3. The molecule has 1 heterocycles. The van der Waals surface area contributed by atoms with Crippen molar-refractivity contribution >= 4 is 5.78 Å². The molecule has 0 saturated carbocycles. The van der Waals surface area contributed by atoms with Crippen molar-refractivity contribution in [2.24, 2.45) is 0 Å². The highest BCUT2D eigenvalue weighted by Crippen LogP contribution is 2.22. The molecule has 0 aliphatic heterocycles. The molecule has 1 atom stereocenters. The van der Waals surface area contributed by atoms with Crippen molar-refractivity contribution in [3.8, 4) is 6.07 Å². The van der Waals surface area contributed by atoms with Gasteiger partial charge in [-0.1, -0.05) is 6.07 Å². The third-order valence-electron chi connectivity index (χ3n) is 2.90. The van der Waals surface area contributed by atoms with Gasteiger partial charge in [0, 0.05) is 18.0 Å². The van der Waals surface area contributed by atoms with Gasteiger partial charge in [-0.2, -0.15) is 5.26 Å². The molecule has 1 unspecified atom stereocenters. The molecule has 19 heavy (non-hydrogen) atoms.